The van der Waals surface area contributed by atoms with E-state index in [1.165, 1.54) is 17.0 Å². The maximum absolute atomic E-state index is 15.2. The van der Waals surface area contributed by atoms with E-state index < -0.39 is 124 Å². The lowest BCUT2D eigenvalue weighted by Crippen LogP contribution is -2.55. The fraction of sp³-hybridized carbons (Fsp3) is 0.466. The Kier molecular flexibility index (Phi) is 25.7. The Labute approximate surface area is 500 Å². The summed E-state index contributed by atoms with van der Waals surface area (Å²) >= 11 is 0.986. The summed E-state index contributed by atoms with van der Waals surface area (Å²) in [4.78, 5) is 136. The number of hydrogen-bond donors (Lipinski definition) is 11. The van der Waals surface area contributed by atoms with Crippen LogP contribution in [0.25, 0.3) is 11.3 Å². The highest BCUT2D eigenvalue weighted by atomic mass is 32.2. The maximum Gasteiger partial charge on any atom is 0.321 e. The average molecular weight is 1220 g/mol. The van der Waals surface area contributed by atoms with Gasteiger partial charge in [0.25, 0.3) is 0 Å². The van der Waals surface area contributed by atoms with E-state index in [0.29, 0.717) is 17.1 Å². The number of likely N-dealkylation sites (tertiary alicyclic amines) is 1. The number of carboxylic acid groups (broad SMARTS) is 1. The van der Waals surface area contributed by atoms with Crippen LogP contribution in [0.5, 0.6) is 0 Å². The molecule has 0 bridgehead atoms. The highest BCUT2D eigenvalue weighted by Gasteiger charge is 2.40. The zero-order chi connectivity index (χ0) is 63.4. The van der Waals surface area contributed by atoms with Crippen LogP contribution in [0, 0.1) is 23.0 Å². The van der Waals surface area contributed by atoms with Crippen LogP contribution in [0.4, 0.5) is 19.3 Å². The Morgan fingerprint density at radius 2 is 1.52 bits per heavy atom. The van der Waals surface area contributed by atoms with Gasteiger partial charge in [-0.2, -0.15) is 0 Å². The van der Waals surface area contributed by atoms with Crippen LogP contribution < -0.4 is 49.1 Å². The number of imidazole rings is 1. The molecular weight excluding hydrogens is 1140 g/mol. The van der Waals surface area contributed by atoms with E-state index in [0.717, 1.165) is 40.4 Å². The highest BCUT2D eigenvalue weighted by molar-refractivity contribution is 8.00. The Morgan fingerprint density at radius 1 is 0.826 bits per heavy atom. The Morgan fingerprint density at radius 3 is 2.16 bits per heavy atom. The van der Waals surface area contributed by atoms with Crippen molar-refractivity contribution in [2.75, 3.05) is 50.4 Å². The summed E-state index contributed by atoms with van der Waals surface area (Å²) in [5.41, 5.74) is 18.0. The fourth-order valence-electron chi connectivity index (χ4n) is 9.33. The number of aromatic nitrogens is 2. The number of nitrogens with one attached hydrogen (secondary N) is 6. The van der Waals surface area contributed by atoms with Crippen molar-refractivity contribution >= 4 is 76.7 Å². The first kappa shape index (κ1) is 68.4. The molecule has 28 heteroatoms. The first-order valence-electron chi connectivity index (χ1n) is 27.9. The number of carboxylic acids is 1. The number of carbonyl (C=O) groups is 10. The number of nitrogens with two attached hydrogens (primary N) is 3. The van der Waals surface area contributed by atoms with Crippen LogP contribution in [0.2, 0.25) is 0 Å². The van der Waals surface area contributed by atoms with Gasteiger partial charge in [0.05, 0.1) is 29.4 Å². The van der Waals surface area contributed by atoms with Crippen LogP contribution in [0.3, 0.4) is 0 Å². The molecule has 1 aliphatic rings. The molecule has 1 aliphatic heterocycles. The van der Waals surface area contributed by atoms with Crippen molar-refractivity contribution in [3.8, 4) is 11.3 Å². The molecule has 5 rings (SSSR count). The standard InChI is InChI=1S/C58H77F2N13O12S/c1-33(2)49(54(81)69-42(12-9-21-66-57(63)85)53(80)67-37-16-13-34(14-17-37)26-46(76)64-23-25-73-47(77)28-44(55(73)82)86-32-41(62)56(83)84)70-45(75)19-22-65-52(79)40(61)20-24-72(48(78)31-74)50(58(3,4)5)51-68-43(38-27-36(59)15-18-39(38)60)30-71(51)29-35-10-7-6-8-11-35/h6-8,10-11,13-18,27,30,33,40-42,44,49-50,74H,9,12,19-26,28-29,31-32,61-62H2,1-5H3,(H,64,76)(H,65,79)(H,67,80)(H,69,81)(H,70,75)(H,83,84)(H3,63,66,85)/t40-,41-,42-,44?,49-,50-/m0/s1. The molecule has 1 aromatic heterocycles. The van der Waals surface area contributed by atoms with Gasteiger partial charge in [-0.3, -0.25) is 48.1 Å². The van der Waals surface area contributed by atoms with Crippen LogP contribution in [-0.4, -0.2) is 163 Å². The minimum atomic E-state index is -1.23. The quantitative estimate of drug-likeness (QED) is 0.0245. The van der Waals surface area contributed by atoms with Crippen LogP contribution in [0.15, 0.2) is 79.0 Å². The summed E-state index contributed by atoms with van der Waals surface area (Å²) in [5, 5.41) is 34.2. The topological polar surface area (TPSA) is 386 Å². The molecule has 1 unspecified atom stereocenters. The van der Waals surface area contributed by atoms with Crippen LogP contribution in [0.1, 0.15) is 89.7 Å². The van der Waals surface area contributed by atoms with Crippen molar-refractivity contribution in [2.45, 2.75) is 115 Å². The van der Waals surface area contributed by atoms with Gasteiger partial charge in [0.1, 0.15) is 42.2 Å². The number of thioether (sulfide) groups is 1. The molecule has 1 fully saturated rings. The molecule has 1 saturated heterocycles. The first-order chi connectivity index (χ1) is 40.7. The van der Waals surface area contributed by atoms with Gasteiger partial charge >= 0.3 is 12.0 Å². The number of aliphatic hydroxyl groups is 1. The van der Waals surface area contributed by atoms with Gasteiger partial charge in [-0.25, -0.2) is 18.6 Å². The number of nitrogens with zero attached hydrogens (tertiary/aromatic N) is 4. The third-order valence-electron chi connectivity index (χ3n) is 13.8. The van der Waals surface area contributed by atoms with Gasteiger partial charge < -0.3 is 68.8 Å². The first-order valence-corrected chi connectivity index (χ1v) is 29.0. The average Bonchev–Trinajstić information content (AvgIpc) is 1.87. The lowest BCUT2D eigenvalue weighted by molar-refractivity contribution is -0.140. The molecule has 14 N–H and O–H groups in total. The van der Waals surface area contributed by atoms with Gasteiger partial charge in [0, 0.05) is 75.3 Å². The summed E-state index contributed by atoms with van der Waals surface area (Å²) in [7, 11) is 0. The number of amides is 10. The van der Waals surface area contributed by atoms with E-state index in [-0.39, 0.29) is 94.8 Å². The lowest BCUT2D eigenvalue weighted by atomic mass is 9.84. The van der Waals surface area contributed by atoms with Crippen LogP contribution in [-0.2, 0) is 56.1 Å². The van der Waals surface area contributed by atoms with Crippen molar-refractivity contribution in [1.82, 2.24) is 45.9 Å². The molecule has 4 aromatic rings. The van der Waals surface area contributed by atoms with E-state index in [2.05, 4.69) is 31.9 Å². The van der Waals surface area contributed by atoms with Gasteiger partial charge in [-0.15, -0.1) is 11.8 Å². The zero-order valence-electron chi connectivity index (χ0n) is 48.6. The lowest BCUT2D eigenvalue weighted by Gasteiger charge is -2.40. The van der Waals surface area contributed by atoms with E-state index in [1.807, 2.05) is 51.1 Å². The van der Waals surface area contributed by atoms with Gasteiger partial charge in [0.15, 0.2) is 0 Å². The van der Waals surface area contributed by atoms with Crippen molar-refractivity contribution in [3.05, 3.63) is 108 Å². The fourth-order valence-corrected chi connectivity index (χ4v) is 10.4. The number of aliphatic carboxylic acids is 1. The number of hydrogen-bond acceptors (Lipinski definition) is 15. The summed E-state index contributed by atoms with van der Waals surface area (Å²) in [6.07, 6.45) is 1.16. The largest absolute Gasteiger partial charge is 0.480 e. The molecule has 6 atom stereocenters. The normalized spacial score (nSPS) is 15.0. The second kappa shape index (κ2) is 32.2. The monoisotopic (exact) mass is 1220 g/mol. The second-order valence-corrected chi connectivity index (χ2v) is 23.3. The van der Waals surface area contributed by atoms with Gasteiger partial charge in [-0.05, 0) is 72.1 Å². The van der Waals surface area contributed by atoms with Gasteiger partial charge in [-0.1, -0.05) is 77.1 Å². The number of halogens is 2. The smallest absolute Gasteiger partial charge is 0.321 e. The van der Waals surface area contributed by atoms with E-state index in [9.17, 15) is 57.4 Å². The molecule has 0 saturated carbocycles. The van der Waals surface area contributed by atoms with Crippen LogP contribution >= 0.6 is 11.8 Å². The number of primary amides is 1. The minimum absolute atomic E-state index is 0.0222. The number of imide groups is 1. The molecule has 0 aliphatic carbocycles. The van der Waals surface area contributed by atoms with Crippen molar-refractivity contribution in [2.24, 2.45) is 28.5 Å². The molecule has 0 radical (unpaired) electrons. The Bertz CT molecular complexity index is 3060. The molecule has 25 nitrogen and oxygen atoms in total. The van der Waals surface area contributed by atoms with Gasteiger partial charge in [0.2, 0.25) is 47.3 Å². The van der Waals surface area contributed by atoms with E-state index in [1.54, 1.807) is 36.7 Å². The molecule has 3 aromatic carbocycles. The predicted octanol–water partition coefficient (Wildman–Crippen LogP) is 1.65. The molecular formula is C58H77F2N13O12S. The van der Waals surface area contributed by atoms with E-state index in [4.69, 9.17) is 27.3 Å². The molecule has 2 heterocycles. The highest BCUT2D eigenvalue weighted by Crippen LogP contribution is 2.40. The maximum atomic E-state index is 15.2. The number of urea groups is 1. The van der Waals surface area contributed by atoms with E-state index >= 15 is 4.39 Å². The number of rotatable bonds is 32. The second-order valence-electron chi connectivity index (χ2n) is 22.0. The SMILES string of the molecule is CC(C)[C@H](NC(=O)CCNC(=O)[C@@H](N)CCN(C(=O)CO)[C@@H](c1nc(-c2cc(F)ccc2F)cn1Cc1ccccc1)C(C)(C)C)C(=O)N[C@@H](CCCNC(N)=O)C(=O)Nc1ccc(CC(=O)NCCN2C(=O)CC(SC[C@H](N)C(=O)O)C2=O)cc1. The minimum Gasteiger partial charge on any atom is -0.480 e. The molecule has 466 valence electrons. The molecule has 86 heavy (non-hydrogen) atoms. The zero-order valence-corrected chi connectivity index (χ0v) is 49.4. The van der Waals surface area contributed by atoms with Crippen molar-refractivity contribution < 1.29 is 66.9 Å². The number of benzene rings is 3. The van der Waals surface area contributed by atoms with Crippen molar-refractivity contribution in [1.29, 1.82) is 0 Å². The molecule has 10 amide bonds. The number of anilines is 1. The number of aliphatic hydroxyl groups excluding tert-OH is 1. The number of carbonyl (C=O) groups excluding carboxylic acids is 9. The summed E-state index contributed by atoms with van der Waals surface area (Å²) in [5.74, 6) is -7.63. The Balaban J connectivity index is 1.15. The predicted molar refractivity (Wildman–Crippen MR) is 315 cm³/mol. The third kappa shape index (κ3) is 20.4. The summed E-state index contributed by atoms with van der Waals surface area (Å²) in [6.45, 7) is 7.76. The molecule has 0 spiro atoms. The third-order valence-corrected chi connectivity index (χ3v) is 15.1. The van der Waals surface area contributed by atoms with Crippen molar-refractivity contribution in [3.63, 3.8) is 0 Å². The summed E-state index contributed by atoms with van der Waals surface area (Å²) in [6, 6.07) is 12.0. The summed E-state index contributed by atoms with van der Waals surface area (Å²) < 4.78 is 31.4. The Hall–Kier alpha value is -8.34.